The Hall–Kier alpha value is 0.507. The number of hydrogen-bond acceptors (Lipinski definition) is 2. The maximum absolute atomic E-state index is 9.95. The van der Waals surface area contributed by atoms with Crippen LogP contribution in [0.3, 0.4) is 0 Å². The van der Waals surface area contributed by atoms with Crippen molar-refractivity contribution < 1.29 is 13.0 Å². The fourth-order valence-electron chi connectivity index (χ4n) is 0.327. The van der Waals surface area contributed by atoms with Crippen molar-refractivity contribution in [2.24, 2.45) is 0 Å². The van der Waals surface area contributed by atoms with E-state index < -0.39 is 10.1 Å². The van der Waals surface area contributed by atoms with Gasteiger partial charge in [-0.25, -0.2) is 0 Å². The third kappa shape index (κ3) is 11.9. The molecule has 0 atom stereocenters. The summed E-state index contributed by atoms with van der Waals surface area (Å²) in [5, 5.41) is 0. The molecular weight excluding hydrogens is 135 g/mol. The topological polar surface area (TPSA) is 54.4 Å². The van der Waals surface area contributed by atoms with Crippen molar-refractivity contribution in [1.29, 1.82) is 0 Å². The van der Waals surface area contributed by atoms with Crippen LogP contribution >= 0.6 is 0 Å². The van der Waals surface area contributed by atoms with Gasteiger partial charge in [-0.2, -0.15) is 8.42 Å². The third-order valence-electron chi connectivity index (χ3n) is 0.756. The van der Waals surface area contributed by atoms with E-state index >= 15 is 0 Å². The van der Waals surface area contributed by atoms with Crippen LogP contribution in [0.2, 0.25) is 0 Å². The fourth-order valence-corrected chi connectivity index (χ4v) is 0.980. The summed E-state index contributed by atoms with van der Waals surface area (Å²) in [5.41, 5.74) is 0. The first-order chi connectivity index (χ1) is 3.56. The van der Waals surface area contributed by atoms with Gasteiger partial charge in [0.05, 0.1) is 5.75 Å². The molecule has 0 spiro atoms. The van der Waals surface area contributed by atoms with Gasteiger partial charge in [0.15, 0.2) is 0 Å². The van der Waals surface area contributed by atoms with E-state index in [1.54, 1.807) is 0 Å². The van der Waals surface area contributed by atoms with E-state index in [0.717, 1.165) is 6.42 Å². The molecule has 0 rings (SSSR count). The van der Waals surface area contributed by atoms with Crippen molar-refractivity contribution in [1.82, 2.24) is 0 Å². The molecule has 0 fully saturated rings. The Balaban J connectivity index is 0. The van der Waals surface area contributed by atoms with Crippen LogP contribution in [0.15, 0.2) is 0 Å². The van der Waals surface area contributed by atoms with Gasteiger partial charge >= 0.3 is 0 Å². The third-order valence-corrected chi connectivity index (χ3v) is 1.56. The predicted molar refractivity (Wildman–Crippen MR) is 37.1 cm³/mol. The van der Waals surface area contributed by atoms with E-state index in [9.17, 15) is 8.42 Å². The maximum atomic E-state index is 9.95. The molecule has 0 aliphatic heterocycles. The molecule has 0 aromatic carbocycles. The molecule has 1 radical (unpaired) electrons. The molecule has 9 heavy (non-hydrogen) atoms. The van der Waals surface area contributed by atoms with E-state index in [0.29, 0.717) is 6.42 Å². The van der Waals surface area contributed by atoms with Gasteiger partial charge in [0.2, 0.25) is 0 Å². The van der Waals surface area contributed by atoms with Crippen molar-refractivity contribution in [2.75, 3.05) is 5.75 Å². The minimum absolute atomic E-state index is 0. The summed E-state index contributed by atoms with van der Waals surface area (Å²) in [5.74, 6) is -0.108. The Labute approximate surface area is 67.8 Å². The first-order valence-electron chi connectivity index (χ1n) is 2.51. The first kappa shape index (κ1) is 12.2. The van der Waals surface area contributed by atoms with Crippen LogP contribution in [0.25, 0.3) is 0 Å². The summed E-state index contributed by atoms with van der Waals surface area (Å²) < 4.78 is 28.0. The van der Waals surface area contributed by atoms with Gasteiger partial charge in [0.25, 0.3) is 10.1 Å². The molecule has 1 N–H and O–H groups in total. The number of unbranched alkanes of at least 4 members (excludes halogenated alkanes) is 1. The molecule has 0 aromatic rings. The molecule has 51 valence electrons. The zero-order chi connectivity index (χ0) is 6.62. The monoisotopic (exact) mass is 145 g/mol. The van der Waals surface area contributed by atoms with Crippen LogP contribution in [-0.2, 0) is 10.1 Å². The summed E-state index contributed by atoms with van der Waals surface area (Å²) >= 11 is 0. The smallest absolute Gasteiger partial charge is 0.264 e. The van der Waals surface area contributed by atoms with Crippen molar-refractivity contribution in [3.63, 3.8) is 0 Å². The Kier molecular flexibility index (Phi) is 7.20. The maximum Gasteiger partial charge on any atom is 0.264 e. The molecule has 0 unspecified atom stereocenters. The Bertz CT molecular complexity index is 140. The van der Waals surface area contributed by atoms with E-state index in [4.69, 9.17) is 4.55 Å². The molecule has 5 heteroatoms. The molecule has 0 aliphatic rings. The normalized spacial score (nSPS) is 10.4. The van der Waals surface area contributed by atoms with E-state index in [1.165, 1.54) is 0 Å². The first-order valence-corrected chi connectivity index (χ1v) is 4.12. The Morgan fingerprint density at radius 3 is 2.00 bits per heavy atom. The van der Waals surface area contributed by atoms with E-state index in [-0.39, 0.29) is 24.6 Å². The summed E-state index contributed by atoms with van der Waals surface area (Å²) in [6.07, 6.45) is 1.33. The molecule has 3 nitrogen and oxygen atoms in total. The largest absolute Gasteiger partial charge is 0.286 e. The van der Waals surface area contributed by atoms with Crippen LogP contribution in [0, 0.1) is 0 Å². The molecule has 0 aliphatic carbocycles. The summed E-state index contributed by atoms with van der Waals surface area (Å²) in [7, 11) is -3.69. The molecule has 0 amide bonds. The molecule has 0 saturated heterocycles. The number of hydrogen-bond donors (Lipinski definition) is 1. The summed E-state index contributed by atoms with van der Waals surface area (Å²) in [4.78, 5) is 0. The Morgan fingerprint density at radius 1 is 1.44 bits per heavy atom. The zero-order valence-corrected chi connectivity index (χ0v) is 6.61. The fraction of sp³-hybridized carbons (Fsp3) is 1.00. The molecular formula is C4H10LiO3S. The van der Waals surface area contributed by atoms with Crippen LogP contribution in [0.5, 0.6) is 0 Å². The van der Waals surface area contributed by atoms with Gasteiger partial charge in [-0.15, -0.1) is 0 Å². The minimum Gasteiger partial charge on any atom is -0.286 e. The van der Waals surface area contributed by atoms with Crippen molar-refractivity contribution in [2.45, 2.75) is 19.8 Å². The number of rotatable bonds is 3. The second-order valence-corrected chi connectivity index (χ2v) is 3.21. The van der Waals surface area contributed by atoms with E-state index in [2.05, 4.69) is 0 Å². The average Bonchev–Trinajstić information content (AvgIpc) is 1.59. The second kappa shape index (κ2) is 5.30. The van der Waals surface area contributed by atoms with E-state index in [1.807, 2.05) is 6.92 Å². The molecule has 0 aromatic heterocycles. The predicted octanol–water partition coefficient (Wildman–Crippen LogP) is 0.294. The van der Waals surface area contributed by atoms with Crippen LogP contribution in [0.4, 0.5) is 0 Å². The van der Waals surface area contributed by atoms with Gasteiger partial charge in [-0.3, -0.25) is 4.55 Å². The van der Waals surface area contributed by atoms with Crippen molar-refractivity contribution in [3.05, 3.63) is 0 Å². The quantitative estimate of drug-likeness (QED) is 0.458. The van der Waals surface area contributed by atoms with Gasteiger partial charge in [0, 0.05) is 18.9 Å². The van der Waals surface area contributed by atoms with Crippen LogP contribution < -0.4 is 0 Å². The summed E-state index contributed by atoms with van der Waals surface area (Å²) in [6.45, 7) is 1.87. The second-order valence-electron chi connectivity index (χ2n) is 1.64. The molecule has 0 heterocycles. The van der Waals surface area contributed by atoms with Crippen LogP contribution in [0.1, 0.15) is 19.8 Å². The SMILES string of the molecule is CCCCS(=O)(=O)O.[Li]. The van der Waals surface area contributed by atoms with Crippen molar-refractivity contribution >= 4 is 29.0 Å². The summed E-state index contributed by atoms with van der Waals surface area (Å²) in [6, 6.07) is 0. The standard InChI is InChI=1S/C4H10O3S.Li/c1-2-3-4-8(5,6)7;/h2-4H2,1H3,(H,5,6,7);. The van der Waals surface area contributed by atoms with Crippen molar-refractivity contribution in [3.8, 4) is 0 Å². The minimum atomic E-state index is -3.69. The zero-order valence-electron chi connectivity index (χ0n) is 5.79. The average molecular weight is 145 g/mol. The molecule has 0 bridgehead atoms. The van der Waals surface area contributed by atoms with Gasteiger partial charge in [-0.05, 0) is 6.42 Å². The van der Waals surface area contributed by atoms with Gasteiger partial charge < -0.3 is 0 Å². The Morgan fingerprint density at radius 2 is 1.89 bits per heavy atom. The molecule has 0 saturated carbocycles. The van der Waals surface area contributed by atoms with Crippen LogP contribution in [-0.4, -0.2) is 37.6 Å². The van der Waals surface area contributed by atoms with Gasteiger partial charge in [0.1, 0.15) is 0 Å². The van der Waals surface area contributed by atoms with Gasteiger partial charge in [-0.1, -0.05) is 13.3 Å².